The van der Waals surface area contributed by atoms with Gasteiger partial charge in [0.15, 0.2) is 34.9 Å². The molecule has 5 aromatic rings. The van der Waals surface area contributed by atoms with Crippen LogP contribution in [-0.4, -0.2) is 220 Å². The molecule has 0 spiro atoms. The molecule has 11 rings (SSSR count). The number of aliphatic hydroxyl groups excluding tert-OH is 3. The van der Waals surface area contributed by atoms with E-state index < -0.39 is 60.4 Å². The molecular formula is C70H101BF7I2N13O10S. The van der Waals surface area contributed by atoms with Gasteiger partial charge in [-0.05, 0) is 185 Å². The molecular weight excluding hydrogens is 1610 g/mol. The standard InChI is InChI=1S/C26H36FN5O3.C20H28BF3N2O3.C12H17FIN3O2.C9H9F2IN2O.C3H9NO.H2S/c1-4-19-7-8-32(15-19)26(34)29-20-6-5-17(2)21(13-20)22-14-23(28-18(3)16-33)30-25(24(22)27)31-9-11-35-12-10-31;1-13-6-7-15(10-16(13)21-28-18(2,3)19(4,5)29-21)25-17(27)26-9-8-14(12-26)11-20(22,23)24;1-8(7-18)15-10-6-9(14)11(13)12(16-10)17-2-4-19-5-3-17;10-7-5-6(12)8(11)9(13-7)14-1-3-15-4-2-14;1-3(4)2-5;/h5-6,13-14,18-19,33H,4,7-12,15-16H2,1-3H3,(H,28,30)(H,29,34);6-7,10,14H,8-9,11-12H2,1-5H3,(H,25,27);6,8,18H,2-5,7H2,1H3,(H,15,16);5H,1-4H2;3,5H,2,4H2,1H3;1H2/t18-,19-;14-;8-;;3-;/m101.1./s1. The first kappa shape index (κ1) is 87.4. The van der Waals surface area contributed by atoms with Gasteiger partial charge in [0.25, 0.3) is 0 Å². The molecule has 3 aromatic heterocycles. The van der Waals surface area contributed by atoms with E-state index in [2.05, 4.69) is 43.1 Å². The molecule has 34 heteroatoms. The summed E-state index contributed by atoms with van der Waals surface area (Å²) in [4.78, 5) is 46.5. The largest absolute Gasteiger partial charge is 0.495 e. The Morgan fingerprint density at radius 3 is 1.46 bits per heavy atom. The molecule has 2 aromatic carbocycles. The van der Waals surface area contributed by atoms with Crippen LogP contribution >= 0.6 is 58.7 Å². The maximum Gasteiger partial charge on any atom is 0.495 e. The monoisotopic (exact) mass is 1710 g/mol. The molecule has 9 N–H and O–H groups in total. The Hall–Kier alpha value is -5.55. The number of ether oxygens (including phenoxy) is 3. The lowest BCUT2D eigenvalue weighted by molar-refractivity contribution is -0.143. The predicted octanol–water partition coefficient (Wildman–Crippen LogP) is 10.9. The van der Waals surface area contributed by atoms with Crippen molar-refractivity contribution in [2.45, 2.75) is 130 Å². The van der Waals surface area contributed by atoms with Crippen LogP contribution in [0.4, 0.5) is 80.8 Å². The number of aliphatic hydroxyl groups is 3. The third-order valence-corrected chi connectivity index (χ3v) is 19.9. The van der Waals surface area contributed by atoms with Crippen LogP contribution in [0.5, 0.6) is 0 Å². The topological polar surface area (TPSA) is 270 Å². The maximum atomic E-state index is 15.9. The number of carbonyl (C=O) groups excluding carboxylic acids is 2. The van der Waals surface area contributed by atoms with E-state index in [0.29, 0.717) is 141 Å². The van der Waals surface area contributed by atoms with Crippen LogP contribution < -0.4 is 47.2 Å². The van der Waals surface area contributed by atoms with Gasteiger partial charge in [0.2, 0.25) is 5.95 Å². The van der Waals surface area contributed by atoms with Crippen molar-refractivity contribution < 1.29 is 79.2 Å². The molecule has 23 nitrogen and oxygen atoms in total. The number of carbonyl (C=O) groups is 2. The van der Waals surface area contributed by atoms with E-state index in [-0.39, 0.29) is 85.0 Å². The summed E-state index contributed by atoms with van der Waals surface area (Å²) in [5.41, 5.74) is 9.01. The Morgan fingerprint density at radius 1 is 0.606 bits per heavy atom. The van der Waals surface area contributed by atoms with Crippen LogP contribution in [0.3, 0.4) is 0 Å². The number of nitrogens with one attached hydrogen (secondary N) is 4. The number of hydrogen-bond acceptors (Lipinski definition) is 19. The minimum atomic E-state index is -4.20. The van der Waals surface area contributed by atoms with Crippen LogP contribution in [0.15, 0.2) is 54.6 Å². The number of aryl methyl sites for hydroxylation is 2. The number of alkyl halides is 3. The van der Waals surface area contributed by atoms with E-state index >= 15 is 4.39 Å². The summed E-state index contributed by atoms with van der Waals surface area (Å²) in [7, 11) is -0.556. The van der Waals surface area contributed by atoms with Crippen molar-refractivity contribution >= 4 is 124 Å². The zero-order chi connectivity index (χ0) is 75.5. The lowest BCUT2D eigenvalue weighted by Crippen LogP contribution is -2.41. The molecule has 0 bridgehead atoms. The molecule has 0 aliphatic carbocycles. The van der Waals surface area contributed by atoms with Crippen molar-refractivity contribution in [3.8, 4) is 11.1 Å². The van der Waals surface area contributed by atoms with E-state index in [1.165, 1.54) is 4.90 Å². The second-order valence-corrected chi connectivity index (χ2v) is 29.6. The summed E-state index contributed by atoms with van der Waals surface area (Å²) in [6.07, 6.45) is -2.60. The molecule has 6 aliphatic heterocycles. The highest BCUT2D eigenvalue weighted by Crippen LogP contribution is 2.39. The Labute approximate surface area is 639 Å². The summed E-state index contributed by atoms with van der Waals surface area (Å²) < 4.78 is 123. The highest BCUT2D eigenvalue weighted by Gasteiger charge is 2.52. The fraction of sp³-hybridized carbons (Fsp3) is 0.586. The quantitative estimate of drug-likeness (QED) is 0.0197. The van der Waals surface area contributed by atoms with Crippen molar-refractivity contribution in [2.24, 2.45) is 17.6 Å². The first-order valence-corrected chi connectivity index (χ1v) is 36.8. The summed E-state index contributed by atoms with van der Waals surface area (Å²) in [5.74, 6) is -0.0580. The third kappa shape index (κ3) is 25.3. The molecule has 0 unspecified atom stereocenters. The first-order valence-electron chi connectivity index (χ1n) is 34.7. The summed E-state index contributed by atoms with van der Waals surface area (Å²) in [6.45, 7) is 28.0. The Kier molecular flexibility index (Phi) is 34.1. The number of likely N-dealkylation sites (tertiary alicyclic amines) is 2. The van der Waals surface area contributed by atoms with E-state index in [9.17, 15) is 41.0 Å². The average Bonchev–Trinajstić information content (AvgIpc) is 1.15. The molecule has 6 aliphatic rings. The van der Waals surface area contributed by atoms with Crippen LogP contribution in [0.25, 0.3) is 11.1 Å². The fourth-order valence-corrected chi connectivity index (χ4v) is 12.6. The van der Waals surface area contributed by atoms with Crippen molar-refractivity contribution in [3.63, 3.8) is 0 Å². The van der Waals surface area contributed by atoms with Crippen molar-refractivity contribution in [3.05, 3.63) is 96.3 Å². The Morgan fingerprint density at radius 2 is 1.02 bits per heavy atom. The Balaban J connectivity index is 0.000000221. The summed E-state index contributed by atoms with van der Waals surface area (Å²) in [5, 5.41) is 38.6. The van der Waals surface area contributed by atoms with Crippen LogP contribution in [0.2, 0.25) is 0 Å². The van der Waals surface area contributed by atoms with Gasteiger partial charge in [-0.2, -0.15) is 36.0 Å². The number of hydrogen-bond donors (Lipinski definition) is 8. The van der Waals surface area contributed by atoms with Crippen molar-refractivity contribution in [1.82, 2.24) is 24.8 Å². The van der Waals surface area contributed by atoms with E-state index in [4.69, 9.17) is 39.5 Å². The highest BCUT2D eigenvalue weighted by atomic mass is 127. The predicted molar refractivity (Wildman–Crippen MR) is 414 cm³/mol. The average molecular weight is 1710 g/mol. The lowest BCUT2D eigenvalue weighted by atomic mass is 9.76. The van der Waals surface area contributed by atoms with Gasteiger partial charge in [0.05, 0.1) is 77.8 Å². The zero-order valence-corrected chi connectivity index (χ0v) is 66.0. The number of nitrogens with two attached hydrogens (primary N) is 1. The van der Waals surface area contributed by atoms with Crippen LogP contribution in [0.1, 0.15) is 92.2 Å². The number of halogens is 9. The number of aromatic nitrogens is 3. The molecule has 6 saturated heterocycles. The number of urea groups is 2. The Bertz CT molecular complexity index is 3580. The van der Waals surface area contributed by atoms with Crippen molar-refractivity contribution in [2.75, 3.05) is 161 Å². The van der Waals surface area contributed by atoms with Gasteiger partial charge in [0.1, 0.15) is 11.6 Å². The van der Waals surface area contributed by atoms with Gasteiger partial charge in [-0.25, -0.2) is 32.7 Å². The fourth-order valence-electron chi connectivity index (χ4n) is 11.6. The smallest absolute Gasteiger partial charge is 0.399 e. The number of benzene rings is 2. The zero-order valence-electron chi connectivity index (χ0n) is 60.7. The van der Waals surface area contributed by atoms with E-state index in [1.807, 2.05) is 117 Å². The molecule has 9 heterocycles. The second kappa shape index (κ2) is 40.6. The number of morpholine rings is 3. The maximum absolute atomic E-state index is 15.9. The van der Waals surface area contributed by atoms with Gasteiger partial charge in [0, 0.05) is 113 Å². The SMILES string of the molecule is CC[C@@H]1CCN(C(=O)Nc2ccc(C)c(-c3cc(N[C@H](C)CO)nc(N4CCOCC4)c3F)c2)C1.C[C@@H](N)CO.C[C@H](CO)Nc1cc(I)c(F)c(N2CCOCC2)n1.Cc1ccc(NC(=O)N2CC[C@@H](CC(F)(F)F)C2)cc1B1OC(C)(C)C(C)(C)O1.Fc1cc(I)c(F)c(N2CCOCC2)n1.S. The van der Waals surface area contributed by atoms with Crippen LogP contribution in [-0.2, 0) is 23.5 Å². The first-order chi connectivity index (χ1) is 48.7. The number of nitrogens with zero attached hydrogens (tertiary/aromatic N) is 8. The van der Waals surface area contributed by atoms with E-state index in [1.54, 1.807) is 58.7 Å². The van der Waals surface area contributed by atoms with Gasteiger partial charge in [-0.1, -0.05) is 31.0 Å². The lowest BCUT2D eigenvalue weighted by Gasteiger charge is -2.32. The summed E-state index contributed by atoms with van der Waals surface area (Å²) in [6, 6.07) is 14.5. The molecule has 578 valence electrons. The van der Waals surface area contributed by atoms with Gasteiger partial charge >= 0.3 is 25.4 Å². The number of rotatable bonds is 16. The molecule has 5 atom stereocenters. The summed E-state index contributed by atoms with van der Waals surface area (Å²) >= 11 is 3.71. The second-order valence-electron chi connectivity index (χ2n) is 27.3. The normalized spacial score (nSPS) is 19.3. The molecule has 4 amide bonds. The molecule has 6 fully saturated rings. The van der Waals surface area contributed by atoms with Crippen molar-refractivity contribution in [1.29, 1.82) is 0 Å². The number of anilines is 7. The van der Waals surface area contributed by atoms with E-state index in [0.717, 1.165) is 48.6 Å². The van der Waals surface area contributed by atoms with Gasteiger partial charge < -0.3 is 90.3 Å². The van der Waals surface area contributed by atoms with Gasteiger partial charge in [-0.15, -0.1) is 0 Å². The van der Waals surface area contributed by atoms with Gasteiger partial charge in [-0.3, -0.25) is 0 Å². The third-order valence-electron chi connectivity index (χ3n) is 18.3. The van der Waals surface area contributed by atoms with Crippen LogP contribution in [0, 0.1) is 56.2 Å². The number of pyridine rings is 3. The molecule has 0 saturated carbocycles. The highest BCUT2D eigenvalue weighted by molar-refractivity contribution is 14.1. The minimum absolute atomic E-state index is 0. The molecule has 104 heavy (non-hydrogen) atoms. The molecule has 0 radical (unpaired) electrons. The number of amides is 4. The minimum Gasteiger partial charge on any atom is -0.399 e.